The highest BCUT2D eigenvalue weighted by molar-refractivity contribution is 5.76. The molecule has 1 aliphatic rings. The number of hydrogen-bond acceptors (Lipinski definition) is 6. The van der Waals surface area contributed by atoms with Gasteiger partial charge in [0, 0.05) is 12.4 Å². The number of nitrogens with zero attached hydrogens (tertiary/aromatic N) is 1. The van der Waals surface area contributed by atoms with Gasteiger partial charge in [-0.3, -0.25) is 0 Å². The van der Waals surface area contributed by atoms with E-state index in [1.54, 1.807) is 0 Å². The van der Waals surface area contributed by atoms with Crippen LogP contribution in [-0.2, 0) is 9.53 Å². The minimum atomic E-state index is -3.76. The number of rotatable bonds is 5. The second-order valence-corrected chi connectivity index (χ2v) is 5.37. The number of aliphatic carboxylic acids is 1. The topological polar surface area (TPSA) is 138 Å². The van der Waals surface area contributed by atoms with Crippen LogP contribution in [0, 0.1) is 0 Å². The largest absolute Gasteiger partial charge is 0.477 e. The Balaban J connectivity index is 2.43. The first kappa shape index (κ1) is 17.8. The van der Waals surface area contributed by atoms with E-state index in [-0.39, 0.29) is 0 Å². The molecule has 10 heteroatoms. The van der Waals surface area contributed by atoms with Crippen molar-refractivity contribution >= 4 is 5.97 Å². The third-order valence-electron chi connectivity index (χ3n) is 3.92. The molecule has 0 bridgehead atoms. The molecule has 0 spiro atoms. The van der Waals surface area contributed by atoms with Crippen LogP contribution in [0.2, 0.25) is 0 Å². The molecule has 8 nitrogen and oxygen atoms in total. The van der Waals surface area contributed by atoms with Gasteiger partial charge in [-0.15, -0.1) is 0 Å². The molecular formula is C13H18F2N2O6. The fraction of sp³-hybridized carbons (Fsp3) is 0.615. The molecule has 7 atom stereocenters. The molecular weight excluding hydrogens is 318 g/mol. The lowest BCUT2D eigenvalue weighted by Crippen LogP contribution is -2.67. The molecule has 1 saturated heterocycles. The standard InChI is InChI=1S/C13H18F2N2O6/c14-11-8(17-3-1-2-4-17)7(16)10(9(20)6(19)5-18)23-13(11,15)12(21)22/h1-4,6-11,18-20H,5,16H2,(H,21,22)/t6-,7-,8-,9-,10-,11?,13?/m1/s1. The number of hydrogen-bond donors (Lipinski definition) is 5. The number of halogens is 2. The van der Waals surface area contributed by atoms with Gasteiger partial charge in [0.2, 0.25) is 0 Å². The summed E-state index contributed by atoms with van der Waals surface area (Å²) < 4.78 is 34.8. The average molecular weight is 336 g/mol. The summed E-state index contributed by atoms with van der Waals surface area (Å²) in [5.41, 5.74) is 5.82. The Bertz CT molecular complexity index is 545. The van der Waals surface area contributed by atoms with E-state index < -0.39 is 55.0 Å². The minimum absolute atomic E-state index is 0.895. The van der Waals surface area contributed by atoms with E-state index >= 15 is 0 Å². The third-order valence-corrected chi connectivity index (χ3v) is 3.92. The van der Waals surface area contributed by atoms with Gasteiger partial charge in [-0.1, -0.05) is 0 Å². The van der Waals surface area contributed by atoms with Gasteiger partial charge in [0.15, 0.2) is 6.17 Å². The molecule has 2 heterocycles. The maximum Gasteiger partial charge on any atom is 0.372 e. The van der Waals surface area contributed by atoms with Gasteiger partial charge in [0.05, 0.1) is 18.7 Å². The molecule has 0 saturated carbocycles. The second kappa shape index (κ2) is 6.49. The predicted molar refractivity (Wildman–Crippen MR) is 71.8 cm³/mol. The minimum Gasteiger partial charge on any atom is -0.477 e. The van der Waals surface area contributed by atoms with Crippen molar-refractivity contribution in [3.05, 3.63) is 24.5 Å². The van der Waals surface area contributed by atoms with Crippen LogP contribution < -0.4 is 5.73 Å². The van der Waals surface area contributed by atoms with Crippen molar-refractivity contribution in [2.24, 2.45) is 5.73 Å². The summed E-state index contributed by atoms with van der Waals surface area (Å²) in [5.74, 6) is -5.98. The van der Waals surface area contributed by atoms with Crippen LogP contribution >= 0.6 is 0 Å². The SMILES string of the molecule is N[C@H]1[C@H]([C@H](O)[C@H](O)CO)OC(F)(C(=O)O)C(F)[C@@H]1n1cccc1. The maximum absolute atomic E-state index is 14.6. The fourth-order valence-corrected chi connectivity index (χ4v) is 2.64. The lowest BCUT2D eigenvalue weighted by Gasteiger charge is -2.46. The highest BCUT2D eigenvalue weighted by atomic mass is 19.2. The van der Waals surface area contributed by atoms with Crippen molar-refractivity contribution in [2.75, 3.05) is 6.61 Å². The van der Waals surface area contributed by atoms with Crippen LogP contribution in [0.1, 0.15) is 6.04 Å². The van der Waals surface area contributed by atoms with Gasteiger partial charge in [0.25, 0.3) is 0 Å². The summed E-state index contributed by atoms with van der Waals surface area (Å²) in [6.45, 7) is -0.895. The van der Waals surface area contributed by atoms with Crippen LogP contribution in [0.25, 0.3) is 0 Å². The second-order valence-electron chi connectivity index (χ2n) is 5.37. The quantitative estimate of drug-likeness (QED) is 0.444. The zero-order valence-corrected chi connectivity index (χ0v) is 11.9. The van der Waals surface area contributed by atoms with Crippen molar-refractivity contribution in [2.45, 2.75) is 42.4 Å². The Morgan fingerprint density at radius 1 is 1.39 bits per heavy atom. The summed E-state index contributed by atoms with van der Waals surface area (Å²) in [7, 11) is 0. The predicted octanol–water partition coefficient (Wildman–Crippen LogP) is -1.44. The van der Waals surface area contributed by atoms with Crippen molar-refractivity contribution in [3.8, 4) is 0 Å². The van der Waals surface area contributed by atoms with E-state index in [1.165, 1.54) is 29.1 Å². The Labute approximate surface area is 129 Å². The molecule has 130 valence electrons. The van der Waals surface area contributed by atoms with E-state index in [1.807, 2.05) is 0 Å². The van der Waals surface area contributed by atoms with E-state index in [0.29, 0.717) is 0 Å². The van der Waals surface area contributed by atoms with E-state index in [0.717, 1.165) is 0 Å². The molecule has 23 heavy (non-hydrogen) atoms. The summed E-state index contributed by atoms with van der Waals surface area (Å²) in [4.78, 5) is 11.1. The van der Waals surface area contributed by atoms with Gasteiger partial charge < -0.3 is 35.5 Å². The molecule has 1 aromatic rings. The van der Waals surface area contributed by atoms with Crippen LogP contribution in [0.15, 0.2) is 24.5 Å². The number of alkyl halides is 2. The molecule has 0 aliphatic carbocycles. The molecule has 0 amide bonds. The summed E-state index contributed by atoms with van der Waals surface area (Å²) in [5, 5.41) is 37.3. The molecule has 2 unspecified atom stereocenters. The Kier molecular flexibility index (Phi) is 5.01. The van der Waals surface area contributed by atoms with Crippen LogP contribution in [0.3, 0.4) is 0 Å². The molecule has 0 radical (unpaired) electrons. The van der Waals surface area contributed by atoms with E-state index in [2.05, 4.69) is 4.74 Å². The number of aromatic nitrogens is 1. The van der Waals surface area contributed by atoms with Gasteiger partial charge in [-0.05, 0) is 12.1 Å². The first-order chi connectivity index (χ1) is 10.7. The normalized spacial score (nSPS) is 37.3. The molecule has 1 fully saturated rings. The van der Waals surface area contributed by atoms with Gasteiger partial charge in [-0.25, -0.2) is 9.18 Å². The number of nitrogens with two attached hydrogens (primary N) is 1. The molecule has 1 aromatic heterocycles. The van der Waals surface area contributed by atoms with E-state index in [9.17, 15) is 23.8 Å². The molecule has 1 aliphatic heterocycles. The Morgan fingerprint density at radius 2 is 1.96 bits per heavy atom. The first-order valence-electron chi connectivity index (χ1n) is 6.83. The number of ether oxygens (including phenoxy) is 1. The lowest BCUT2D eigenvalue weighted by molar-refractivity contribution is -0.280. The lowest BCUT2D eigenvalue weighted by atomic mass is 9.86. The highest BCUT2D eigenvalue weighted by Crippen LogP contribution is 2.40. The van der Waals surface area contributed by atoms with E-state index in [4.69, 9.17) is 15.9 Å². The number of aliphatic hydroxyl groups excluding tert-OH is 3. The van der Waals surface area contributed by atoms with Crippen molar-refractivity contribution < 1.29 is 38.7 Å². The summed E-state index contributed by atoms with van der Waals surface area (Å²) in [6.07, 6.45) is -5.36. The monoisotopic (exact) mass is 336 g/mol. The molecule has 6 N–H and O–H groups in total. The number of carboxylic acid groups (broad SMARTS) is 1. The van der Waals surface area contributed by atoms with Crippen molar-refractivity contribution in [1.29, 1.82) is 0 Å². The highest BCUT2D eigenvalue weighted by Gasteiger charge is 2.62. The van der Waals surface area contributed by atoms with Crippen LogP contribution in [0.4, 0.5) is 8.78 Å². The zero-order chi connectivity index (χ0) is 17.4. The smallest absolute Gasteiger partial charge is 0.372 e. The van der Waals surface area contributed by atoms with Crippen LogP contribution in [-0.4, -0.2) is 73.9 Å². The molecule has 2 rings (SSSR count). The number of carboxylic acids is 1. The fourth-order valence-electron chi connectivity index (χ4n) is 2.64. The van der Waals surface area contributed by atoms with Gasteiger partial charge >= 0.3 is 11.8 Å². The first-order valence-corrected chi connectivity index (χ1v) is 6.83. The number of carbonyl (C=O) groups is 1. The number of aliphatic hydroxyl groups is 3. The van der Waals surface area contributed by atoms with Gasteiger partial charge in [0.1, 0.15) is 18.3 Å². The van der Waals surface area contributed by atoms with Crippen molar-refractivity contribution in [3.63, 3.8) is 0 Å². The zero-order valence-electron chi connectivity index (χ0n) is 11.9. The summed E-state index contributed by atoms with van der Waals surface area (Å²) >= 11 is 0. The molecule has 0 aromatic carbocycles. The Hall–Kier alpha value is -1.59. The maximum atomic E-state index is 14.6. The van der Waals surface area contributed by atoms with Crippen LogP contribution in [0.5, 0.6) is 0 Å². The Morgan fingerprint density at radius 3 is 2.43 bits per heavy atom. The van der Waals surface area contributed by atoms with Crippen molar-refractivity contribution in [1.82, 2.24) is 4.57 Å². The van der Waals surface area contributed by atoms with Gasteiger partial charge in [-0.2, -0.15) is 4.39 Å². The third kappa shape index (κ3) is 2.95. The summed E-state index contributed by atoms with van der Waals surface area (Å²) in [6, 6.07) is 0.134. The average Bonchev–Trinajstić information content (AvgIpc) is 3.03.